The molecule has 0 aliphatic carbocycles. The number of phenolic OH excluding ortho intramolecular Hbond substituents is 4. The molecule has 15 atom stereocenters. The molecule has 19 nitrogen and oxygen atoms in total. The van der Waals surface area contributed by atoms with Crippen LogP contribution < -0.4 is 0 Å². The van der Waals surface area contributed by atoms with Crippen LogP contribution in [0.4, 0.5) is 0 Å². The molecule has 0 unspecified atom stereocenters. The largest absolute Gasteiger partial charge is 0.504 e. The number of phenols is 4. The Bertz CT molecular complexity index is 1590. The monoisotopic (exact) mass is 770 g/mol. The summed E-state index contributed by atoms with van der Waals surface area (Å²) in [7, 11) is 0. The normalized spacial score (nSPS) is 37.3. The Balaban J connectivity index is 1.40. The fraction of sp³-hybridized carbons (Fsp3) is 0.571. The molecule has 0 saturated carbocycles. The van der Waals surface area contributed by atoms with Crippen LogP contribution in [-0.2, 0) is 44.4 Å². The van der Waals surface area contributed by atoms with E-state index in [1.165, 1.54) is 56.3 Å². The first-order valence-corrected chi connectivity index (χ1v) is 17.1. The molecule has 3 fully saturated rings. The van der Waals surface area contributed by atoms with Crippen molar-refractivity contribution in [1.29, 1.82) is 0 Å². The number of benzene rings is 2. The van der Waals surface area contributed by atoms with E-state index in [4.69, 9.17) is 33.2 Å². The number of ether oxygens (including phenoxy) is 7. The Kier molecular flexibility index (Phi) is 13.7. The molecule has 54 heavy (non-hydrogen) atoms. The summed E-state index contributed by atoms with van der Waals surface area (Å²) in [5.41, 5.74) is 0.833. The summed E-state index contributed by atoms with van der Waals surface area (Å²) in [6.07, 6.45) is -21.5. The first kappa shape index (κ1) is 41.5. The zero-order valence-electron chi connectivity index (χ0n) is 29.1. The van der Waals surface area contributed by atoms with Gasteiger partial charge in [-0.25, -0.2) is 4.79 Å². The van der Waals surface area contributed by atoms with E-state index >= 15 is 0 Å². The van der Waals surface area contributed by atoms with Crippen molar-refractivity contribution in [3.05, 3.63) is 53.6 Å². The first-order chi connectivity index (χ1) is 25.6. The summed E-state index contributed by atoms with van der Waals surface area (Å²) >= 11 is 0. The van der Waals surface area contributed by atoms with Gasteiger partial charge >= 0.3 is 5.97 Å². The number of esters is 1. The lowest BCUT2D eigenvalue weighted by Gasteiger charge is -2.48. The standard InChI is InChI=1S/C35H46O19/c1-14-24(42)26(44)28(46)34(49-14)54-32-27(45)25(43)15(2)50-35(32)53-31-29(47)33(48-10-9-17-4-7-19(38)21(40)12-17)51-22(13-36)30(31)52-23(41)8-5-16-3-6-18(37)20(39)11-16/h3-8,11-12,14-15,22,24-40,42-47H,9-10,13H2,1-2H3/t14-,15-,22+,24-,25-,26+,27+,28+,29+,30+,31+,32+,33+,34+,35-/m0/s1. The molecule has 5 rings (SSSR count). The smallest absolute Gasteiger partial charge is 0.331 e. The molecule has 3 saturated heterocycles. The Labute approximate surface area is 308 Å². The fourth-order valence-electron chi connectivity index (χ4n) is 6.17. The highest BCUT2D eigenvalue weighted by Gasteiger charge is 2.54. The molecule has 0 aromatic heterocycles. The lowest BCUT2D eigenvalue weighted by atomic mass is 9.96. The van der Waals surface area contributed by atoms with Crippen LogP contribution in [0.15, 0.2) is 42.5 Å². The second-order valence-electron chi connectivity index (χ2n) is 13.2. The second-order valence-corrected chi connectivity index (χ2v) is 13.2. The van der Waals surface area contributed by atoms with Gasteiger partial charge in [-0.05, 0) is 61.7 Å². The highest BCUT2D eigenvalue weighted by molar-refractivity contribution is 5.87. The minimum atomic E-state index is -1.84. The Morgan fingerprint density at radius 3 is 1.93 bits per heavy atom. The molecule has 3 aliphatic heterocycles. The molecule has 2 aromatic rings. The third-order valence-corrected chi connectivity index (χ3v) is 9.35. The van der Waals surface area contributed by atoms with Crippen molar-refractivity contribution in [2.24, 2.45) is 0 Å². The molecule has 0 amide bonds. The maximum atomic E-state index is 13.1. The van der Waals surface area contributed by atoms with Gasteiger partial charge in [0.2, 0.25) is 0 Å². The van der Waals surface area contributed by atoms with E-state index in [0.29, 0.717) is 11.1 Å². The van der Waals surface area contributed by atoms with E-state index in [0.717, 1.165) is 6.08 Å². The number of aliphatic hydroxyl groups is 7. The van der Waals surface area contributed by atoms with Gasteiger partial charge in [0.05, 0.1) is 25.4 Å². The van der Waals surface area contributed by atoms with Gasteiger partial charge in [0, 0.05) is 6.08 Å². The van der Waals surface area contributed by atoms with Crippen LogP contribution in [0.25, 0.3) is 6.08 Å². The van der Waals surface area contributed by atoms with Gasteiger partial charge < -0.3 is 89.3 Å². The van der Waals surface area contributed by atoms with Crippen molar-refractivity contribution in [3.63, 3.8) is 0 Å². The summed E-state index contributed by atoms with van der Waals surface area (Å²) in [6, 6.07) is 7.86. The molecule has 300 valence electrons. The zero-order valence-corrected chi connectivity index (χ0v) is 29.1. The molecular formula is C35H46O19. The lowest BCUT2D eigenvalue weighted by Crippen LogP contribution is -2.66. The highest BCUT2D eigenvalue weighted by Crippen LogP contribution is 2.34. The van der Waals surface area contributed by atoms with Gasteiger partial charge in [-0.2, -0.15) is 0 Å². The van der Waals surface area contributed by atoms with Crippen LogP contribution in [0, 0.1) is 0 Å². The maximum Gasteiger partial charge on any atom is 0.331 e. The molecule has 0 bridgehead atoms. The number of aromatic hydroxyl groups is 4. The van der Waals surface area contributed by atoms with Crippen LogP contribution in [0.5, 0.6) is 23.0 Å². The van der Waals surface area contributed by atoms with Gasteiger partial charge in [-0.15, -0.1) is 0 Å². The molecule has 3 heterocycles. The van der Waals surface area contributed by atoms with E-state index < -0.39 is 110 Å². The number of carbonyl (C=O) groups is 1. The third-order valence-electron chi connectivity index (χ3n) is 9.35. The number of rotatable bonds is 12. The minimum Gasteiger partial charge on any atom is -0.504 e. The van der Waals surface area contributed by atoms with Crippen molar-refractivity contribution in [2.75, 3.05) is 13.2 Å². The quantitative estimate of drug-likeness (QED) is 0.0622. The van der Waals surface area contributed by atoms with Crippen LogP contribution in [0.1, 0.15) is 25.0 Å². The van der Waals surface area contributed by atoms with Crippen molar-refractivity contribution in [3.8, 4) is 23.0 Å². The summed E-state index contributed by atoms with van der Waals surface area (Å²) in [5, 5.41) is 114. The minimum absolute atomic E-state index is 0.139. The van der Waals surface area contributed by atoms with Gasteiger partial charge in [0.15, 0.2) is 48.0 Å². The van der Waals surface area contributed by atoms with Gasteiger partial charge in [0.1, 0.15) is 54.9 Å². The second kappa shape index (κ2) is 17.9. The summed E-state index contributed by atoms with van der Waals surface area (Å²) in [6.45, 7) is 1.84. The zero-order chi connectivity index (χ0) is 39.4. The van der Waals surface area contributed by atoms with Crippen molar-refractivity contribution in [2.45, 2.75) is 112 Å². The highest BCUT2D eigenvalue weighted by atomic mass is 16.8. The SMILES string of the molecule is C[C@@H]1O[C@H](O[C@H]2[C@H](O[C@@H]3[C@@H](O)[C@H](OCCc4ccc(O)c(O)c4)O[C@H](CO)[C@H]3OC(=O)C=Cc3ccc(O)c(O)c3)O[C@@H](C)[C@H](O)[C@H]2O)[C@H](O)[C@H](O)[C@H]1O. The van der Waals surface area contributed by atoms with Crippen LogP contribution in [0.2, 0.25) is 0 Å². The van der Waals surface area contributed by atoms with E-state index in [2.05, 4.69) is 0 Å². The van der Waals surface area contributed by atoms with Crippen molar-refractivity contribution in [1.82, 2.24) is 0 Å². The van der Waals surface area contributed by atoms with Gasteiger partial charge in [-0.1, -0.05) is 12.1 Å². The van der Waals surface area contributed by atoms with Crippen molar-refractivity contribution >= 4 is 12.0 Å². The molecular weight excluding hydrogens is 724 g/mol. The Morgan fingerprint density at radius 1 is 0.667 bits per heavy atom. The summed E-state index contributed by atoms with van der Waals surface area (Å²) in [5.74, 6) is -2.58. The van der Waals surface area contributed by atoms with E-state index in [9.17, 15) is 61.0 Å². The van der Waals surface area contributed by atoms with E-state index in [1.807, 2.05) is 0 Å². The summed E-state index contributed by atoms with van der Waals surface area (Å²) in [4.78, 5) is 13.1. The topological polar surface area (TPSA) is 304 Å². The molecule has 11 N–H and O–H groups in total. The van der Waals surface area contributed by atoms with Crippen molar-refractivity contribution < 1.29 is 94.1 Å². The Morgan fingerprint density at radius 2 is 1.28 bits per heavy atom. The molecule has 19 heteroatoms. The third kappa shape index (κ3) is 9.40. The predicted molar refractivity (Wildman–Crippen MR) is 178 cm³/mol. The maximum absolute atomic E-state index is 13.1. The number of hydrogen-bond donors (Lipinski definition) is 11. The first-order valence-electron chi connectivity index (χ1n) is 17.1. The lowest BCUT2D eigenvalue weighted by molar-refractivity contribution is -0.385. The molecule has 2 aromatic carbocycles. The average molecular weight is 771 g/mol. The van der Waals surface area contributed by atoms with E-state index in [1.54, 1.807) is 0 Å². The predicted octanol–water partition coefficient (Wildman–Crippen LogP) is -2.16. The van der Waals surface area contributed by atoms with Crippen LogP contribution >= 0.6 is 0 Å². The van der Waals surface area contributed by atoms with Gasteiger partial charge in [-0.3, -0.25) is 0 Å². The average Bonchev–Trinajstić information content (AvgIpc) is 3.14. The summed E-state index contributed by atoms with van der Waals surface area (Å²) < 4.78 is 40.5. The van der Waals surface area contributed by atoms with Crippen LogP contribution in [-0.4, -0.2) is 167 Å². The molecule has 0 spiro atoms. The van der Waals surface area contributed by atoms with E-state index in [-0.39, 0.29) is 30.3 Å². The Hall–Kier alpha value is -3.67. The van der Waals surface area contributed by atoms with Gasteiger partial charge in [0.25, 0.3) is 0 Å². The molecule has 3 aliphatic rings. The van der Waals surface area contributed by atoms with Crippen LogP contribution in [0.3, 0.4) is 0 Å². The fourth-order valence-corrected chi connectivity index (χ4v) is 6.17. The number of hydrogen-bond acceptors (Lipinski definition) is 19. The number of carbonyl (C=O) groups excluding carboxylic acids is 1. The molecule has 0 radical (unpaired) electrons. The number of aliphatic hydroxyl groups excluding tert-OH is 7.